The summed E-state index contributed by atoms with van der Waals surface area (Å²) in [6, 6.07) is 10.3. The van der Waals surface area contributed by atoms with E-state index in [0.29, 0.717) is 35.4 Å². The Hall–Kier alpha value is -4.54. The Morgan fingerprint density at radius 3 is 2.39 bits per heavy atom. The standard InChI is InChI=1S/C33H26F5N3O3/c1-16(42)26-13-18(4-5-27(26)36)25-3-2-6-39-29(25)19(7-17-8-22(34)14-23(35)9-17)12-24(43)15-41-31-20-10-21(11-20)32(44)28(31)30(40-41)33(37)38/h2-6,8-9,13-14,19-21,33H,7,10-12,15H2,1H3/t19-,20?,21?/m1/s1. The highest BCUT2D eigenvalue weighted by molar-refractivity contribution is 6.03. The Balaban J connectivity index is 1.37. The molecule has 4 aromatic rings. The van der Waals surface area contributed by atoms with Crippen molar-refractivity contribution in [3.05, 3.63) is 106 Å². The average Bonchev–Trinajstić information content (AvgIpc) is 3.32. The van der Waals surface area contributed by atoms with Crippen LogP contribution in [0.5, 0.6) is 0 Å². The smallest absolute Gasteiger partial charge is 0.282 e. The molecule has 0 aliphatic heterocycles. The molecule has 2 aromatic heterocycles. The number of alkyl halides is 2. The molecule has 6 nitrogen and oxygen atoms in total. The van der Waals surface area contributed by atoms with E-state index in [9.17, 15) is 36.3 Å². The van der Waals surface area contributed by atoms with Crippen molar-refractivity contribution in [3.8, 4) is 11.1 Å². The van der Waals surface area contributed by atoms with Crippen LogP contribution in [0.1, 0.15) is 87.8 Å². The average molecular weight is 608 g/mol. The molecule has 7 rings (SSSR count). The van der Waals surface area contributed by atoms with Crippen LogP contribution in [0.15, 0.2) is 54.7 Å². The minimum absolute atomic E-state index is 0.0204. The summed E-state index contributed by atoms with van der Waals surface area (Å²) >= 11 is 0. The third-order valence-corrected chi connectivity index (χ3v) is 8.45. The van der Waals surface area contributed by atoms with Crippen molar-refractivity contribution in [1.82, 2.24) is 14.8 Å². The van der Waals surface area contributed by atoms with Gasteiger partial charge in [0, 0.05) is 42.0 Å². The van der Waals surface area contributed by atoms with Gasteiger partial charge < -0.3 is 0 Å². The maximum Gasteiger partial charge on any atom is 0.282 e. The number of hydrogen-bond acceptors (Lipinski definition) is 5. The summed E-state index contributed by atoms with van der Waals surface area (Å²) in [6.07, 6.45) is -0.687. The zero-order valence-corrected chi connectivity index (χ0v) is 23.5. The minimum atomic E-state index is -2.98. The van der Waals surface area contributed by atoms with Crippen molar-refractivity contribution < 1.29 is 36.3 Å². The summed E-state index contributed by atoms with van der Waals surface area (Å²) in [7, 11) is 0. The number of aromatic nitrogens is 3. The highest BCUT2D eigenvalue weighted by Crippen LogP contribution is 2.51. The van der Waals surface area contributed by atoms with Crippen molar-refractivity contribution in [2.24, 2.45) is 5.92 Å². The van der Waals surface area contributed by atoms with Gasteiger partial charge in [0.15, 0.2) is 17.3 Å². The molecular formula is C33H26F5N3O3. The number of nitrogens with zero attached hydrogens (tertiary/aromatic N) is 3. The molecule has 1 fully saturated rings. The molecule has 0 amide bonds. The van der Waals surface area contributed by atoms with Gasteiger partial charge in [-0.2, -0.15) is 5.10 Å². The predicted octanol–water partition coefficient (Wildman–Crippen LogP) is 7.18. The lowest BCUT2D eigenvalue weighted by Crippen LogP contribution is -2.37. The van der Waals surface area contributed by atoms with E-state index in [2.05, 4.69) is 10.1 Å². The van der Waals surface area contributed by atoms with Crippen molar-refractivity contribution in [2.75, 3.05) is 0 Å². The van der Waals surface area contributed by atoms with Gasteiger partial charge in [0.1, 0.15) is 23.1 Å². The molecule has 2 bridgehead atoms. The van der Waals surface area contributed by atoms with Crippen LogP contribution in [0, 0.1) is 23.4 Å². The van der Waals surface area contributed by atoms with Crippen molar-refractivity contribution in [3.63, 3.8) is 0 Å². The Morgan fingerprint density at radius 1 is 0.977 bits per heavy atom. The molecule has 11 heteroatoms. The van der Waals surface area contributed by atoms with E-state index in [1.165, 1.54) is 29.9 Å². The monoisotopic (exact) mass is 607 g/mol. The highest BCUT2D eigenvalue weighted by atomic mass is 19.3. The molecule has 1 atom stereocenters. The van der Waals surface area contributed by atoms with Crippen LogP contribution in [-0.4, -0.2) is 32.1 Å². The summed E-state index contributed by atoms with van der Waals surface area (Å²) in [4.78, 5) is 42.9. The number of halogens is 5. The summed E-state index contributed by atoms with van der Waals surface area (Å²) in [5, 5.41) is 3.99. The van der Waals surface area contributed by atoms with E-state index in [-0.39, 0.29) is 53.7 Å². The van der Waals surface area contributed by atoms with Gasteiger partial charge in [-0.25, -0.2) is 22.0 Å². The first-order valence-corrected chi connectivity index (χ1v) is 14.2. The molecule has 226 valence electrons. The van der Waals surface area contributed by atoms with Gasteiger partial charge in [0.25, 0.3) is 6.43 Å². The normalized spacial score (nSPS) is 17.8. The molecule has 3 aliphatic rings. The van der Waals surface area contributed by atoms with Gasteiger partial charge in [-0.1, -0.05) is 12.1 Å². The second-order valence-corrected chi connectivity index (χ2v) is 11.4. The third kappa shape index (κ3) is 5.46. The summed E-state index contributed by atoms with van der Waals surface area (Å²) < 4.78 is 71.5. The van der Waals surface area contributed by atoms with Crippen molar-refractivity contribution >= 4 is 17.3 Å². The molecule has 0 unspecified atom stereocenters. The number of hydrogen-bond donors (Lipinski definition) is 0. The molecular weight excluding hydrogens is 581 g/mol. The van der Waals surface area contributed by atoms with Crippen LogP contribution in [0.2, 0.25) is 0 Å². The first kappa shape index (κ1) is 29.5. The van der Waals surface area contributed by atoms with E-state index in [1.54, 1.807) is 12.1 Å². The maximum absolute atomic E-state index is 14.3. The minimum Gasteiger partial charge on any atom is -0.298 e. The Morgan fingerprint density at radius 2 is 1.70 bits per heavy atom. The van der Waals surface area contributed by atoms with Gasteiger partial charge in [-0.3, -0.25) is 24.0 Å². The molecule has 0 radical (unpaired) electrons. The molecule has 3 aliphatic carbocycles. The summed E-state index contributed by atoms with van der Waals surface area (Å²) in [6.45, 7) is 0.849. The number of pyridine rings is 1. The summed E-state index contributed by atoms with van der Waals surface area (Å²) in [5.74, 6) is -4.79. The van der Waals surface area contributed by atoms with Crippen LogP contribution in [0.25, 0.3) is 11.1 Å². The fourth-order valence-electron chi connectivity index (χ4n) is 6.43. The van der Waals surface area contributed by atoms with Crippen LogP contribution < -0.4 is 0 Å². The topological polar surface area (TPSA) is 81.9 Å². The SMILES string of the molecule is CC(=O)c1cc(-c2cccnc2[C@@H](CC(=O)Cn2nc(C(F)F)c3c2C2CC(C2)C3=O)Cc2cc(F)cc(F)c2)ccc1F. The van der Waals surface area contributed by atoms with Crippen LogP contribution >= 0.6 is 0 Å². The highest BCUT2D eigenvalue weighted by Gasteiger charge is 2.48. The molecule has 0 spiro atoms. The van der Waals surface area contributed by atoms with Crippen LogP contribution in [-0.2, 0) is 17.8 Å². The van der Waals surface area contributed by atoms with Gasteiger partial charge >= 0.3 is 0 Å². The van der Waals surface area contributed by atoms with Gasteiger partial charge in [-0.05, 0) is 67.6 Å². The second kappa shape index (κ2) is 11.5. The van der Waals surface area contributed by atoms with Crippen LogP contribution in [0.4, 0.5) is 22.0 Å². The first-order chi connectivity index (χ1) is 21.0. The Bertz CT molecular complexity index is 1790. The molecule has 1 saturated carbocycles. The lowest BCUT2D eigenvalue weighted by molar-refractivity contribution is -0.120. The molecule has 0 N–H and O–H groups in total. The molecule has 2 heterocycles. The number of carbonyl (C=O) groups is 3. The number of rotatable bonds is 10. The molecule has 44 heavy (non-hydrogen) atoms. The Kier molecular flexibility index (Phi) is 7.73. The molecule has 0 saturated heterocycles. The lowest BCUT2D eigenvalue weighted by atomic mass is 9.63. The fourth-order valence-corrected chi connectivity index (χ4v) is 6.43. The van der Waals surface area contributed by atoms with Gasteiger partial charge in [0.05, 0.1) is 29.1 Å². The first-order valence-electron chi connectivity index (χ1n) is 14.2. The van der Waals surface area contributed by atoms with E-state index in [0.717, 1.165) is 24.3 Å². The second-order valence-electron chi connectivity index (χ2n) is 11.4. The molecule has 2 aromatic carbocycles. The number of benzene rings is 2. The van der Waals surface area contributed by atoms with E-state index in [1.807, 2.05) is 0 Å². The van der Waals surface area contributed by atoms with Gasteiger partial charge in [0.2, 0.25) is 0 Å². The zero-order valence-electron chi connectivity index (χ0n) is 23.5. The fraction of sp³-hybridized carbons (Fsp3) is 0.303. The lowest BCUT2D eigenvalue weighted by Gasteiger charge is -2.40. The van der Waals surface area contributed by atoms with Crippen molar-refractivity contribution in [2.45, 2.75) is 57.4 Å². The van der Waals surface area contributed by atoms with E-state index >= 15 is 0 Å². The largest absolute Gasteiger partial charge is 0.298 e. The zero-order chi connectivity index (χ0) is 31.3. The predicted molar refractivity (Wildman–Crippen MR) is 149 cm³/mol. The Labute approximate surface area is 248 Å². The third-order valence-electron chi connectivity index (χ3n) is 8.45. The number of ketones is 3. The van der Waals surface area contributed by atoms with Crippen LogP contribution in [0.3, 0.4) is 0 Å². The van der Waals surface area contributed by atoms with E-state index < -0.39 is 47.1 Å². The van der Waals surface area contributed by atoms with Gasteiger partial charge in [-0.15, -0.1) is 0 Å². The number of carbonyl (C=O) groups excluding carboxylic acids is 3. The quantitative estimate of drug-likeness (QED) is 0.141. The van der Waals surface area contributed by atoms with E-state index in [4.69, 9.17) is 0 Å². The number of Topliss-reactive ketones (excluding diaryl/α,β-unsaturated/α-hetero) is 3. The van der Waals surface area contributed by atoms with Crippen molar-refractivity contribution in [1.29, 1.82) is 0 Å². The maximum atomic E-state index is 14.3. The summed E-state index contributed by atoms with van der Waals surface area (Å²) in [5.41, 5.74) is 1.05.